The van der Waals surface area contributed by atoms with Crippen LogP contribution in [0.2, 0.25) is 0 Å². The maximum absolute atomic E-state index is 13.7. The van der Waals surface area contributed by atoms with Crippen LogP contribution in [-0.2, 0) is 22.3 Å². The number of hydrogen-bond acceptors (Lipinski definition) is 4. The van der Waals surface area contributed by atoms with Crippen LogP contribution in [-0.4, -0.2) is 49.8 Å². The minimum absolute atomic E-state index is 0.00598. The molecule has 27 heavy (non-hydrogen) atoms. The Kier molecular flexibility index (Phi) is 4.87. The number of piperidine rings is 1. The number of rotatable bonds is 2. The Morgan fingerprint density at radius 2 is 2.07 bits per heavy atom. The molecule has 2 fully saturated rings. The lowest BCUT2D eigenvalue weighted by Crippen LogP contribution is -2.59. The number of thiophene rings is 1. The van der Waals surface area contributed by atoms with E-state index in [1.807, 2.05) is 0 Å². The van der Waals surface area contributed by atoms with Crippen molar-refractivity contribution in [1.29, 1.82) is 0 Å². The first kappa shape index (κ1) is 17.9. The third-order valence-electron chi connectivity index (χ3n) is 7.09. The van der Waals surface area contributed by atoms with Crippen molar-refractivity contribution in [2.75, 3.05) is 33.0 Å². The molecule has 0 aromatic carbocycles. The predicted octanol–water partition coefficient (Wildman–Crippen LogP) is 3.98. The summed E-state index contributed by atoms with van der Waals surface area (Å²) in [4.78, 5) is 17.3. The lowest BCUT2D eigenvalue weighted by molar-refractivity contribution is -0.0739. The fourth-order valence-corrected chi connectivity index (χ4v) is 6.87. The third kappa shape index (κ3) is 2.99. The molecule has 2 atom stereocenters. The summed E-state index contributed by atoms with van der Waals surface area (Å²) in [6.45, 7) is 3.92. The Bertz CT molecular complexity index is 751. The summed E-state index contributed by atoms with van der Waals surface area (Å²) in [7, 11) is 0. The van der Waals surface area contributed by atoms with E-state index in [9.17, 15) is 4.79 Å². The lowest BCUT2D eigenvalue weighted by atomic mass is 9.65. The molecule has 1 amide bonds. The molecule has 0 radical (unpaired) electrons. The normalized spacial score (nSPS) is 31.0. The van der Waals surface area contributed by atoms with Gasteiger partial charge in [0.15, 0.2) is 0 Å². The van der Waals surface area contributed by atoms with Gasteiger partial charge in [0, 0.05) is 34.9 Å². The maximum atomic E-state index is 13.7. The number of amides is 1. The predicted molar refractivity (Wildman–Crippen MR) is 106 cm³/mol. The number of likely N-dealkylation sites (tertiary alicyclic amines) is 1. The van der Waals surface area contributed by atoms with Crippen LogP contribution in [0, 0.1) is 5.41 Å². The number of ether oxygens (including phenoxy) is 2. The smallest absolute Gasteiger partial charge is 0.255 e. The maximum Gasteiger partial charge on any atom is 0.255 e. The number of fused-ring (bicyclic) bond motifs is 2. The van der Waals surface area contributed by atoms with Crippen LogP contribution >= 0.6 is 11.3 Å². The van der Waals surface area contributed by atoms with Crippen LogP contribution in [0.4, 0.5) is 0 Å². The third-order valence-corrected chi connectivity index (χ3v) is 8.18. The highest BCUT2D eigenvalue weighted by Crippen LogP contribution is 2.48. The van der Waals surface area contributed by atoms with Gasteiger partial charge in [-0.05, 0) is 56.9 Å². The quantitative estimate of drug-likeness (QED) is 0.721. The van der Waals surface area contributed by atoms with Gasteiger partial charge in [-0.15, -0.1) is 11.3 Å². The van der Waals surface area contributed by atoms with Crippen LogP contribution in [0.25, 0.3) is 0 Å². The minimum Gasteiger partial charge on any atom is -0.380 e. The fraction of sp³-hybridized carbons (Fsp3) is 0.682. The van der Waals surface area contributed by atoms with E-state index in [0.29, 0.717) is 6.61 Å². The Morgan fingerprint density at radius 1 is 1.15 bits per heavy atom. The summed E-state index contributed by atoms with van der Waals surface area (Å²) in [6, 6.07) is 0.274. The van der Waals surface area contributed by atoms with Crippen molar-refractivity contribution >= 4 is 17.2 Å². The Balaban J connectivity index is 1.48. The van der Waals surface area contributed by atoms with Gasteiger partial charge in [-0.3, -0.25) is 4.79 Å². The summed E-state index contributed by atoms with van der Waals surface area (Å²) in [5.41, 5.74) is 3.83. The molecule has 0 spiro atoms. The second-order valence-electron chi connectivity index (χ2n) is 8.43. The SMILES string of the molecule is O=C(c1csc2c1CCCC2)N1CCC[C@@]2(C3=CCOCC3)COCC[C@H]12. The zero-order valence-electron chi connectivity index (χ0n) is 16.0. The van der Waals surface area contributed by atoms with Gasteiger partial charge in [-0.25, -0.2) is 0 Å². The van der Waals surface area contributed by atoms with Crippen molar-refractivity contribution in [2.45, 2.75) is 57.4 Å². The average Bonchev–Trinajstić information content (AvgIpc) is 3.17. The molecule has 146 valence electrons. The Labute approximate surface area is 165 Å². The molecule has 5 heteroatoms. The van der Waals surface area contributed by atoms with Gasteiger partial charge in [-0.1, -0.05) is 11.6 Å². The number of aryl methyl sites for hydroxylation is 1. The van der Waals surface area contributed by atoms with Crippen molar-refractivity contribution in [3.63, 3.8) is 0 Å². The first-order valence-electron chi connectivity index (χ1n) is 10.5. The van der Waals surface area contributed by atoms with E-state index >= 15 is 0 Å². The van der Waals surface area contributed by atoms with Gasteiger partial charge in [-0.2, -0.15) is 0 Å². The fourth-order valence-electron chi connectivity index (χ4n) is 5.75. The van der Waals surface area contributed by atoms with Gasteiger partial charge in [0.05, 0.1) is 25.4 Å². The molecule has 1 aliphatic carbocycles. The van der Waals surface area contributed by atoms with Crippen molar-refractivity contribution in [3.8, 4) is 0 Å². The minimum atomic E-state index is 0.00598. The van der Waals surface area contributed by atoms with E-state index in [1.54, 1.807) is 11.3 Å². The Morgan fingerprint density at radius 3 is 2.96 bits per heavy atom. The van der Waals surface area contributed by atoms with E-state index < -0.39 is 0 Å². The van der Waals surface area contributed by atoms with E-state index in [0.717, 1.165) is 70.5 Å². The summed E-state index contributed by atoms with van der Waals surface area (Å²) in [5, 5.41) is 2.14. The second kappa shape index (κ2) is 7.34. The molecule has 0 N–H and O–H groups in total. The van der Waals surface area contributed by atoms with Crippen LogP contribution < -0.4 is 0 Å². The number of hydrogen-bond donors (Lipinski definition) is 0. The molecule has 0 bridgehead atoms. The van der Waals surface area contributed by atoms with E-state index in [1.165, 1.54) is 28.9 Å². The largest absolute Gasteiger partial charge is 0.380 e. The first-order valence-corrected chi connectivity index (χ1v) is 11.4. The van der Waals surface area contributed by atoms with E-state index in [-0.39, 0.29) is 17.4 Å². The van der Waals surface area contributed by atoms with Crippen LogP contribution in [0.3, 0.4) is 0 Å². The number of nitrogens with zero attached hydrogens (tertiary/aromatic N) is 1. The van der Waals surface area contributed by atoms with Gasteiger partial charge in [0.25, 0.3) is 5.91 Å². The zero-order valence-corrected chi connectivity index (χ0v) is 16.8. The monoisotopic (exact) mass is 387 g/mol. The Hall–Kier alpha value is -1.17. The lowest BCUT2D eigenvalue weighted by Gasteiger charge is -2.54. The van der Waals surface area contributed by atoms with Crippen LogP contribution in [0.5, 0.6) is 0 Å². The van der Waals surface area contributed by atoms with Gasteiger partial charge in [0.2, 0.25) is 0 Å². The average molecular weight is 388 g/mol. The molecule has 1 aromatic rings. The van der Waals surface area contributed by atoms with Crippen molar-refractivity contribution in [2.24, 2.45) is 5.41 Å². The summed E-state index contributed by atoms with van der Waals surface area (Å²) in [5.74, 6) is 0.276. The molecule has 4 nitrogen and oxygen atoms in total. The summed E-state index contributed by atoms with van der Waals surface area (Å²) in [6.07, 6.45) is 11.1. The highest BCUT2D eigenvalue weighted by atomic mass is 32.1. The topological polar surface area (TPSA) is 38.8 Å². The van der Waals surface area contributed by atoms with E-state index in [4.69, 9.17) is 9.47 Å². The van der Waals surface area contributed by atoms with Crippen molar-refractivity contribution in [3.05, 3.63) is 33.0 Å². The molecule has 4 heterocycles. The molecule has 3 aliphatic heterocycles. The van der Waals surface area contributed by atoms with Gasteiger partial charge >= 0.3 is 0 Å². The summed E-state index contributed by atoms with van der Waals surface area (Å²) < 4.78 is 11.6. The second-order valence-corrected chi connectivity index (χ2v) is 9.39. The molecule has 4 aliphatic rings. The molecule has 0 unspecified atom stereocenters. The highest BCUT2D eigenvalue weighted by Gasteiger charge is 2.50. The number of carbonyl (C=O) groups excluding carboxylic acids is 1. The molecule has 0 saturated carbocycles. The molecule has 5 rings (SSSR count). The highest BCUT2D eigenvalue weighted by molar-refractivity contribution is 7.10. The molecule has 1 aromatic heterocycles. The molecular weight excluding hydrogens is 358 g/mol. The van der Waals surface area contributed by atoms with E-state index in [2.05, 4.69) is 16.4 Å². The van der Waals surface area contributed by atoms with Crippen molar-refractivity contribution in [1.82, 2.24) is 4.90 Å². The summed E-state index contributed by atoms with van der Waals surface area (Å²) >= 11 is 1.80. The zero-order chi connectivity index (χ0) is 18.3. The van der Waals surface area contributed by atoms with Gasteiger partial charge in [0.1, 0.15) is 0 Å². The number of carbonyl (C=O) groups is 1. The first-order chi connectivity index (χ1) is 13.3. The standard InChI is InChI=1S/C22H29NO3S/c24-21(18-14-27-19-5-2-1-4-17(18)19)23-10-3-9-22(15-26-13-8-20(22)23)16-6-11-25-12-7-16/h6,14,20H,1-5,7-13,15H2/t20-,22-/m0/s1. The van der Waals surface area contributed by atoms with Crippen LogP contribution in [0.1, 0.15) is 59.3 Å². The van der Waals surface area contributed by atoms with Crippen molar-refractivity contribution < 1.29 is 14.3 Å². The van der Waals surface area contributed by atoms with Crippen LogP contribution in [0.15, 0.2) is 17.0 Å². The molecule has 2 saturated heterocycles. The molecular formula is C22H29NO3S. The van der Waals surface area contributed by atoms with Gasteiger partial charge < -0.3 is 14.4 Å².